The fourth-order valence-electron chi connectivity index (χ4n) is 3.61. The van der Waals surface area contributed by atoms with Crippen LogP contribution in [0.2, 0.25) is 5.02 Å². The molecule has 6 nitrogen and oxygen atoms in total. The van der Waals surface area contributed by atoms with Gasteiger partial charge in [-0.3, -0.25) is 14.3 Å². The normalized spacial score (nSPS) is 11.2. The molecule has 0 unspecified atom stereocenters. The predicted octanol–water partition coefficient (Wildman–Crippen LogP) is 5.94. The van der Waals surface area contributed by atoms with Gasteiger partial charge in [-0.25, -0.2) is 18.7 Å². The lowest BCUT2D eigenvalue weighted by molar-refractivity contribution is 0.296. The number of ether oxygens (including phenoxy) is 1. The molecule has 0 aliphatic rings. The quantitative estimate of drug-likeness (QED) is 0.330. The molecule has 35 heavy (non-hydrogen) atoms. The van der Waals surface area contributed by atoms with E-state index in [9.17, 15) is 13.6 Å². The van der Waals surface area contributed by atoms with Gasteiger partial charge >= 0.3 is 0 Å². The summed E-state index contributed by atoms with van der Waals surface area (Å²) in [6.45, 7) is 7.32. The Morgan fingerprint density at radius 2 is 1.77 bits per heavy atom. The zero-order valence-corrected chi connectivity index (χ0v) is 20.4. The number of benzene rings is 1. The summed E-state index contributed by atoms with van der Waals surface area (Å²) in [6, 6.07) is 8.43. The predicted molar refractivity (Wildman–Crippen MR) is 130 cm³/mol. The van der Waals surface area contributed by atoms with E-state index < -0.39 is 17.2 Å². The van der Waals surface area contributed by atoms with Gasteiger partial charge in [0.05, 0.1) is 17.1 Å². The topological polar surface area (TPSA) is 69.9 Å². The van der Waals surface area contributed by atoms with Gasteiger partial charge in [-0.2, -0.15) is 0 Å². The van der Waals surface area contributed by atoms with Crippen molar-refractivity contribution in [3.05, 3.63) is 98.4 Å². The number of aromatic nitrogens is 4. The molecule has 3 heterocycles. The molecule has 4 aromatic rings. The van der Waals surface area contributed by atoms with Gasteiger partial charge in [-0.15, -0.1) is 0 Å². The molecule has 0 N–H and O–H groups in total. The fourth-order valence-corrected chi connectivity index (χ4v) is 3.89. The standard InChI is InChI=1S/C26H23ClF2N4O2/c1-14(2)25-31-10-8-21(32-25)22-12-19(7-9-30-22)33-16(4)15(3)24(23(27)26(33)34)35-13-17-5-6-18(28)11-20(17)29/h5-12,14H,13H2,1-4H3. The Kier molecular flexibility index (Phi) is 6.93. The molecule has 9 heteroatoms. The summed E-state index contributed by atoms with van der Waals surface area (Å²) in [5, 5.41) is -0.141. The molecule has 0 spiro atoms. The van der Waals surface area contributed by atoms with Crippen LogP contribution in [0, 0.1) is 25.5 Å². The molecule has 0 saturated heterocycles. The van der Waals surface area contributed by atoms with Crippen LogP contribution in [0.3, 0.4) is 0 Å². The lowest BCUT2D eigenvalue weighted by Gasteiger charge is -2.18. The highest BCUT2D eigenvalue weighted by atomic mass is 35.5. The van der Waals surface area contributed by atoms with Gasteiger partial charge in [-0.1, -0.05) is 25.4 Å². The lowest BCUT2D eigenvalue weighted by atomic mass is 10.1. The smallest absolute Gasteiger partial charge is 0.277 e. The van der Waals surface area contributed by atoms with Gasteiger partial charge < -0.3 is 4.74 Å². The molecule has 180 valence electrons. The van der Waals surface area contributed by atoms with Gasteiger partial charge in [0.1, 0.15) is 34.8 Å². The van der Waals surface area contributed by atoms with Crippen molar-refractivity contribution in [3.8, 4) is 22.8 Å². The van der Waals surface area contributed by atoms with E-state index in [1.54, 1.807) is 44.4 Å². The number of hydrogen-bond acceptors (Lipinski definition) is 5. The number of halogens is 3. The highest BCUT2D eigenvalue weighted by Crippen LogP contribution is 2.30. The third-order valence-electron chi connectivity index (χ3n) is 5.65. The van der Waals surface area contributed by atoms with E-state index in [2.05, 4.69) is 15.0 Å². The van der Waals surface area contributed by atoms with E-state index in [0.29, 0.717) is 34.2 Å². The van der Waals surface area contributed by atoms with E-state index >= 15 is 0 Å². The summed E-state index contributed by atoms with van der Waals surface area (Å²) in [7, 11) is 0. The molecule has 0 atom stereocenters. The molecule has 0 bridgehead atoms. The highest BCUT2D eigenvalue weighted by molar-refractivity contribution is 6.32. The first-order valence-corrected chi connectivity index (χ1v) is 11.3. The second-order valence-corrected chi connectivity index (χ2v) is 8.75. The van der Waals surface area contributed by atoms with Crippen LogP contribution in [0.4, 0.5) is 8.78 Å². The van der Waals surface area contributed by atoms with Crippen LogP contribution in [0.5, 0.6) is 5.75 Å². The SMILES string of the molecule is Cc1c(OCc2ccc(F)cc2F)c(Cl)c(=O)n(-c2ccnc(-c3ccnc(C(C)C)n3)c2)c1C. The summed E-state index contributed by atoms with van der Waals surface area (Å²) in [5.74, 6) is -0.418. The Balaban J connectivity index is 1.72. The van der Waals surface area contributed by atoms with Gasteiger partial charge in [0.2, 0.25) is 0 Å². The molecular weight excluding hydrogens is 474 g/mol. The van der Waals surface area contributed by atoms with Crippen LogP contribution >= 0.6 is 11.6 Å². The van der Waals surface area contributed by atoms with E-state index in [0.717, 1.165) is 12.1 Å². The third kappa shape index (κ3) is 4.93. The van der Waals surface area contributed by atoms with Crippen molar-refractivity contribution >= 4 is 11.6 Å². The van der Waals surface area contributed by atoms with Crippen LogP contribution < -0.4 is 10.3 Å². The molecule has 4 rings (SSSR count). The molecule has 0 aliphatic heterocycles. The van der Waals surface area contributed by atoms with Crippen molar-refractivity contribution in [1.29, 1.82) is 0 Å². The van der Waals surface area contributed by atoms with Crippen molar-refractivity contribution in [2.75, 3.05) is 0 Å². The summed E-state index contributed by atoms with van der Waals surface area (Å²) in [6.07, 6.45) is 3.28. The monoisotopic (exact) mass is 496 g/mol. The Labute approximate surface area is 206 Å². The van der Waals surface area contributed by atoms with Gasteiger partial charge in [0.15, 0.2) is 0 Å². The zero-order valence-electron chi connectivity index (χ0n) is 19.6. The van der Waals surface area contributed by atoms with Crippen LogP contribution in [0.1, 0.15) is 42.4 Å². The van der Waals surface area contributed by atoms with Crippen LogP contribution in [0.25, 0.3) is 17.1 Å². The zero-order chi connectivity index (χ0) is 25.3. The van der Waals surface area contributed by atoms with Crippen LogP contribution in [-0.4, -0.2) is 19.5 Å². The molecule has 0 aliphatic carbocycles. The van der Waals surface area contributed by atoms with Gasteiger partial charge in [0.25, 0.3) is 5.56 Å². The van der Waals surface area contributed by atoms with Crippen molar-refractivity contribution in [1.82, 2.24) is 19.5 Å². The number of hydrogen-bond donors (Lipinski definition) is 0. The number of nitrogens with zero attached hydrogens (tertiary/aromatic N) is 4. The minimum Gasteiger partial charge on any atom is -0.487 e. The van der Waals surface area contributed by atoms with Gasteiger partial charge in [0, 0.05) is 41.2 Å². The van der Waals surface area contributed by atoms with Gasteiger partial charge in [-0.05, 0) is 44.2 Å². The lowest BCUT2D eigenvalue weighted by Crippen LogP contribution is -2.23. The van der Waals surface area contributed by atoms with E-state index in [1.807, 2.05) is 13.8 Å². The van der Waals surface area contributed by atoms with Crippen molar-refractivity contribution in [3.63, 3.8) is 0 Å². The summed E-state index contributed by atoms with van der Waals surface area (Å²) >= 11 is 6.42. The maximum atomic E-state index is 14.0. The molecule has 0 saturated carbocycles. The average Bonchev–Trinajstić information content (AvgIpc) is 2.84. The van der Waals surface area contributed by atoms with E-state index in [-0.39, 0.29) is 28.9 Å². The third-order valence-corrected chi connectivity index (χ3v) is 5.98. The minimum absolute atomic E-state index is 0.141. The minimum atomic E-state index is -0.737. The second-order valence-electron chi connectivity index (χ2n) is 8.37. The maximum absolute atomic E-state index is 14.0. The fraction of sp³-hybridized carbons (Fsp3) is 0.231. The molecule has 0 fully saturated rings. The second kappa shape index (κ2) is 9.92. The Bertz CT molecular complexity index is 1470. The van der Waals surface area contributed by atoms with Crippen molar-refractivity contribution in [2.24, 2.45) is 0 Å². The van der Waals surface area contributed by atoms with Crippen molar-refractivity contribution < 1.29 is 13.5 Å². The first-order chi connectivity index (χ1) is 16.7. The maximum Gasteiger partial charge on any atom is 0.277 e. The summed E-state index contributed by atoms with van der Waals surface area (Å²) in [4.78, 5) is 26.5. The summed E-state index contributed by atoms with van der Waals surface area (Å²) in [5.41, 5.74) is 2.64. The van der Waals surface area contributed by atoms with Crippen LogP contribution in [0.15, 0.2) is 53.6 Å². The molecule has 1 aromatic carbocycles. The molecule has 0 radical (unpaired) electrons. The summed E-state index contributed by atoms with van der Waals surface area (Å²) < 4.78 is 34.4. The van der Waals surface area contributed by atoms with E-state index in [4.69, 9.17) is 16.3 Å². The first kappa shape index (κ1) is 24.5. The highest BCUT2D eigenvalue weighted by Gasteiger charge is 2.20. The largest absolute Gasteiger partial charge is 0.487 e. The Morgan fingerprint density at radius 3 is 2.49 bits per heavy atom. The van der Waals surface area contributed by atoms with E-state index in [1.165, 1.54) is 10.6 Å². The first-order valence-electron chi connectivity index (χ1n) is 11.0. The number of pyridine rings is 2. The molecule has 0 amide bonds. The number of rotatable bonds is 6. The molecule has 3 aromatic heterocycles. The molecular formula is C26H23ClF2N4O2. The Hall–Kier alpha value is -3.65. The van der Waals surface area contributed by atoms with Crippen molar-refractivity contribution in [2.45, 2.75) is 40.2 Å². The van der Waals surface area contributed by atoms with Crippen LogP contribution in [-0.2, 0) is 6.61 Å². The average molecular weight is 497 g/mol. The Morgan fingerprint density at radius 1 is 1.03 bits per heavy atom.